The lowest BCUT2D eigenvalue weighted by Gasteiger charge is -2.27. The maximum absolute atomic E-state index is 12.6. The van der Waals surface area contributed by atoms with Crippen LogP contribution in [0.3, 0.4) is 0 Å². The molecule has 0 heterocycles. The van der Waals surface area contributed by atoms with Gasteiger partial charge in [0, 0.05) is 0 Å². The first-order valence-corrected chi connectivity index (χ1v) is 32.4. The quantitative estimate of drug-likeness (QED) is 0.0308. The van der Waals surface area contributed by atoms with Gasteiger partial charge in [0.05, 0.1) is 18.8 Å². The predicted octanol–water partition coefficient (Wildman–Crippen LogP) is 19.5. The molecule has 0 aliphatic rings. The maximum Gasteiger partial charge on any atom is 0.249 e. The van der Waals surface area contributed by atoms with Crippen molar-refractivity contribution < 1.29 is 25.2 Å². The lowest BCUT2D eigenvalue weighted by Crippen LogP contribution is -2.53. The Hall–Kier alpha value is -1.47. The van der Waals surface area contributed by atoms with Gasteiger partial charge in [0.15, 0.2) is 0 Å². The molecule has 0 aromatic heterocycles. The Balaban J connectivity index is 3.61. The van der Waals surface area contributed by atoms with Gasteiger partial charge >= 0.3 is 0 Å². The first-order valence-electron chi connectivity index (χ1n) is 32.4. The first-order chi connectivity index (χ1) is 35.5. The zero-order chi connectivity index (χ0) is 52.3. The summed E-state index contributed by atoms with van der Waals surface area (Å²) in [6.45, 7) is 4.09. The SMILES string of the molecule is CCCCCCCCCCC/C=C\C/C=C\CCCCCCCCCCCCCCCCC(O)C(=O)NC(CO)C(O)C(O)CCC/C=C/CCCCCCCCCCCCCCCCCCCCCCC. The summed E-state index contributed by atoms with van der Waals surface area (Å²) in [7, 11) is 0. The number of hydrogen-bond acceptors (Lipinski definition) is 5. The van der Waals surface area contributed by atoms with Gasteiger partial charge in [-0.05, 0) is 70.6 Å². The van der Waals surface area contributed by atoms with E-state index in [0.29, 0.717) is 12.8 Å². The molecule has 0 rings (SSSR count). The van der Waals surface area contributed by atoms with Crippen LogP contribution < -0.4 is 5.32 Å². The lowest BCUT2D eigenvalue weighted by atomic mass is 10.00. The second-order valence-corrected chi connectivity index (χ2v) is 22.5. The molecule has 0 aliphatic heterocycles. The number of allylic oxidation sites excluding steroid dienone is 6. The summed E-state index contributed by atoms with van der Waals surface area (Å²) in [6.07, 6.45) is 76.7. The van der Waals surface area contributed by atoms with E-state index in [1.54, 1.807) is 0 Å². The second kappa shape index (κ2) is 60.4. The summed E-state index contributed by atoms with van der Waals surface area (Å²) in [5.74, 6) is -0.589. The van der Waals surface area contributed by atoms with Crippen LogP contribution in [-0.4, -0.2) is 57.3 Å². The standard InChI is InChI=1S/C66H127NO5/c1-3-5-7-9-11-13-15-17-19-21-23-25-27-29-31-32-33-34-36-38-40-42-44-46-48-50-52-54-56-58-60-64(70)66(72)67-62(61-68)65(71)63(69)59-57-55-53-51-49-47-45-43-41-39-37-35-30-28-26-24-22-20-18-16-14-12-10-8-6-4-2/h23,25,29,31,51,53,62-65,68-71H,3-22,24,26-28,30,32-50,52,54-61H2,1-2H3,(H,67,72)/b25-23-,31-29-,53-51+. The highest BCUT2D eigenvalue weighted by atomic mass is 16.3. The van der Waals surface area contributed by atoms with Crippen molar-refractivity contribution in [1.29, 1.82) is 0 Å². The van der Waals surface area contributed by atoms with E-state index in [1.807, 2.05) is 0 Å². The molecular weight excluding hydrogens is 887 g/mol. The Bertz CT molecular complexity index is 1140. The van der Waals surface area contributed by atoms with Crippen LogP contribution in [0.4, 0.5) is 0 Å². The van der Waals surface area contributed by atoms with Crippen LogP contribution in [-0.2, 0) is 4.79 Å². The van der Waals surface area contributed by atoms with Crippen LogP contribution in [0.1, 0.15) is 348 Å². The number of aliphatic hydroxyl groups is 4. The van der Waals surface area contributed by atoms with Gasteiger partial charge in [0.1, 0.15) is 12.2 Å². The van der Waals surface area contributed by atoms with Crippen molar-refractivity contribution in [3.63, 3.8) is 0 Å². The van der Waals surface area contributed by atoms with Crippen molar-refractivity contribution in [2.45, 2.75) is 372 Å². The Morgan fingerprint density at radius 3 is 0.917 bits per heavy atom. The Morgan fingerprint density at radius 2 is 0.611 bits per heavy atom. The van der Waals surface area contributed by atoms with E-state index in [2.05, 4.69) is 55.6 Å². The molecule has 5 N–H and O–H groups in total. The van der Waals surface area contributed by atoms with Gasteiger partial charge in [0.25, 0.3) is 0 Å². The number of unbranched alkanes of at least 4 members (excludes halogenated alkanes) is 45. The molecule has 0 fully saturated rings. The molecule has 0 saturated heterocycles. The third-order valence-electron chi connectivity index (χ3n) is 15.3. The van der Waals surface area contributed by atoms with E-state index in [9.17, 15) is 25.2 Å². The highest BCUT2D eigenvalue weighted by Gasteiger charge is 2.28. The van der Waals surface area contributed by atoms with E-state index in [4.69, 9.17) is 0 Å². The van der Waals surface area contributed by atoms with Crippen LogP contribution >= 0.6 is 0 Å². The largest absolute Gasteiger partial charge is 0.394 e. The zero-order valence-electron chi connectivity index (χ0n) is 48.4. The van der Waals surface area contributed by atoms with Gasteiger partial charge in [-0.25, -0.2) is 0 Å². The van der Waals surface area contributed by atoms with Crippen LogP contribution in [0.2, 0.25) is 0 Å². The van der Waals surface area contributed by atoms with Crippen molar-refractivity contribution in [3.8, 4) is 0 Å². The summed E-state index contributed by atoms with van der Waals surface area (Å²) < 4.78 is 0. The molecule has 1 amide bonds. The molecule has 0 aliphatic carbocycles. The van der Waals surface area contributed by atoms with Crippen LogP contribution in [0, 0.1) is 0 Å². The first kappa shape index (κ1) is 70.5. The topological polar surface area (TPSA) is 110 Å². The average Bonchev–Trinajstić information content (AvgIpc) is 3.39. The Labute approximate surface area is 449 Å². The molecule has 0 spiro atoms. The van der Waals surface area contributed by atoms with Gasteiger partial charge in [-0.2, -0.15) is 0 Å². The van der Waals surface area contributed by atoms with Crippen molar-refractivity contribution >= 4 is 5.91 Å². The summed E-state index contributed by atoms with van der Waals surface area (Å²) in [6, 6.07) is -1.00. The predicted molar refractivity (Wildman–Crippen MR) is 316 cm³/mol. The van der Waals surface area contributed by atoms with Crippen LogP contribution in [0.5, 0.6) is 0 Å². The third-order valence-corrected chi connectivity index (χ3v) is 15.3. The second-order valence-electron chi connectivity index (χ2n) is 22.5. The molecule has 0 aromatic rings. The molecule has 0 aromatic carbocycles. The van der Waals surface area contributed by atoms with Gasteiger partial charge in [-0.3, -0.25) is 4.79 Å². The summed E-state index contributed by atoms with van der Waals surface area (Å²) in [5, 5.41) is 44.1. The Kier molecular flexibility index (Phi) is 59.2. The molecule has 4 unspecified atom stereocenters. The highest BCUT2D eigenvalue weighted by Crippen LogP contribution is 2.18. The number of carbonyl (C=O) groups excluding carboxylic acids is 1. The molecule has 0 radical (unpaired) electrons. The van der Waals surface area contributed by atoms with Gasteiger partial charge < -0.3 is 25.7 Å². The normalized spacial score (nSPS) is 13.8. The number of amides is 1. The van der Waals surface area contributed by atoms with Gasteiger partial charge in [-0.1, -0.05) is 314 Å². The fourth-order valence-electron chi connectivity index (χ4n) is 10.3. The van der Waals surface area contributed by atoms with Crippen LogP contribution in [0.15, 0.2) is 36.5 Å². The minimum absolute atomic E-state index is 0.363. The fourth-order valence-corrected chi connectivity index (χ4v) is 10.3. The lowest BCUT2D eigenvalue weighted by molar-refractivity contribution is -0.132. The van der Waals surface area contributed by atoms with E-state index >= 15 is 0 Å². The fraction of sp³-hybridized carbons (Fsp3) is 0.894. The van der Waals surface area contributed by atoms with E-state index < -0.39 is 36.9 Å². The molecule has 426 valence electrons. The number of hydrogen-bond donors (Lipinski definition) is 5. The minimum Gasteiger partial charge on any atom is -0.394 e. The van der Waals surface area contributed by atoms with Gasteiger partial charge in [0.2, 0.25) is 5.91 Å². The zero-order valence-corrected chi connectivity index (χ0v) is 48.4. The summed E-state index contributed by atoms with van der Waals surface area (Å²) in [5.41, 5.74) is 0. The third kappa shape index (κ3) is 53.4. The van der Waals surface area contributed by atoms with E-state index in [0.717, 1.165) is 44.9 Å². The molecular formula is C66H127NO5. The van der Waals surface area contributed by atoms with Crippen LogP contribution in [0.25, 0.3) is 0 Å². The molecule has 6 nitrogen and oxygen atoms in total. The molecule has 6 heteroatoms. The maximum atomic E-state index is 12.6. The van der Waals surface area contributed by atoms with Crippen molar-refractivity contribution in [2.75, 3.05) is 6.61 Å². The average molecular weight is 1010 g/mol. The number of nitrogens with one attached hydrogen (secondary N) is 1. The van der Waals surface area contributed by atoms with Crippen molar-refractivity contribution in [2.24, 2.45) is 0 Å². The Morgan fingerprint density at radius 1 is 0.347 bits per heavy atom. The number of carbonyl (C=O) groups is 1. The van der Waals surface area contributed by atoms with Gasteiger partial charge in [-0.15, -0.1) is 0 Å². The summed E-state index contributed by atoms with van der Waals surface area (Å²) in [4.78, 5) is 12.6. The highest BCUT2D eigenvalue weighted by molar-refractivity contribution is 5.80. The summed E-state index contributed by atoms with van der Waals surface area (Å²) >= 11 is 0. The smallest absolute Gasteiger partial charge is 0.249 e. The number of aliphatic hydroxyl groups excluding tert-OH is 4. The monoisotopic (exact) mass is 1010 g/mol. The van der Waals surface area contributed by atoms with Crippen molar-refractivity contribution in [1.82, 2.24) is 5.32 Å². The van der Waals surface area contributed by atoms with Crippen molar-refractivity contribution in [3.05, 3.63) is 36.5 Å². The molecule has 4 atom stereocenters. The molecule has 0 saturated carbocycles. The molecule has 0 bridgehead atoms. The minimum atomic E-state index is -1.28. The van der Waals surface area contributed by atoms with E-state index in [-0.39, 0.29) is 0 Å². The number of rotatable bonds is 60. The van der Waals surface area contributed by atoms with E-state index in [1.165, 1.54) is 276 Å². The molecule has 72 heavy (non-hydrogen) atoms.